The minimum absolute atomic E-state index is 0.0571. The summed E-state index contributed by atoms with van der Waals surface area (Å²) in [6, 6.07) is 8.14. The van der Waals surface area contributed by atoms with Gasteiger partial charge in [-0.2, -0.15) is 13.5 Å². The average Bonchev–Trinajstić information content (AvgIpc) is 2.68. The van der Waals surface area contributed by atoms with Crippen molar-refractivity contribution in [1.82, 2.24) is 4.73 Å². The van der Waals surface area contributed by atoms with Gasteiger partial charge in [-0.15, -0.1) is 0 Å². The van der Waals surface area contributed by atoms with Gasteiger partial charge in [0.15, 0.2) is 5.69 Å². The molecule has 0 aliphatic heterocycles. The summed E-state index contributed by atoms with van der Waals surface area (Å²) < 4.78 is 30.3. The lowest BCUT2D eigenvalue weighted by atomic mass is 10.2. The van der Waals surface area contributed by atoms with Crippen LogP contribution in [0.2, 0.25) is 0 Å². The number of hydrogen-bond donors (Lipinski definition) is 0. The minimum Gasteiger partial charge on any atom is -0.461 e. The third-order valence-electron chi connectivity index (χ3n) is 2.34. The van der Waals surface area contributed by atoms with Gasteiger partial charge in [0.25, 0.3) is 0 Å². The third-order valence-corrected chi connectivity index (χ3v) is 2.34. The van der Waals surface area contributed by atoms with Gasteiger partial charge in [-0.05, 0) is 19.1 Å². The Morgan fingerprint density at radius 3 is 2.78 bits per heavy atom. The van der Waals surface area contributed by atoms with E-state index >= 15 is 0 Å². The van der Waals surface area contributed by atoms with Gasteiger partial charge < -0.3 is 9.57 Å². The maximum Gasteiger partial charge on any atom is 0.405 e. The first-order valence-corrected chi connectivity index (χ1v) is 5.36. The molecule has 6 heteroatoms. The molecule has 0 spiro atoms. The summed E-state index contributed by atoms with van der Waals surface area (Å²) >= 11 is 0. The Balaban J connectivity index is 2.53. The van der Waals surface area contributed by atoms with E-state index in [0.717, 1.165) is 4.73 Å². The van der Waals surface area contributed by atoms with Crippen molar-refractivity contribution in [3.63, 3.8) is 0 Å². The fraction of sp³-hybridized carbons (Fsp3) is 0.250. The number of halogens is 2. The smallest absolute Gasteiger partial charge is 0.405 e. The molecule has 0 saturated carbocycles. The zero-order chi connectivity index (χ0) is 13.1. The molecule has 0 bridgehead atoms. The number of ether oxygens (including phenoxy) is 1. The summed E-state index contributed by atoms with van der Waals surface area (Å²) in [6.07, 6.45) is 0. The molecule has 18 heavy (non-hydrogen) atoms. The molecule has 4 nitrogen and oxygen atoms in total. The second-order valence-electron chi connectivity index (χ2n) is 3.47. The van der Waals surface area contributed by atoms with Crippen LogP contribution in [0.15, 0.2) is 30.3 Å². The van der Waals surface area contributed by atoms with Crippen molar-refractivity contribution in [2.75, 3.05) is 6.61 Å². The van der Waals surface area contributed by atoms with Crippen LogP contribution in [0.1, 0.15) is 17.4 Å². The molecule has 2 rings (SSSR count). The van der Waals surface area contributed by atoms with Crippen LogP contribution in [0, 0.1) is 0 Å². The molecule has 0 N–H and O–H groups in total. The first kappa shape index (κ1) is 12.3. The monoisotopic (exact) mass is 255 g/mol. The topological polar surface area (TPSA) is 40.5 Å². The largest absolute Gasteiger partial charge is 0.461 e. The number of alkyl halides is 2. The van der Waals surface area contributed by atoms with E-state index in [9.17, 15) is 13.6 Å². The number of esters is 1. The Morgan fingerprint density at radius 1 is 1.39 bits per heavy atom. The molecule has 0 saturated heterocycles. The van der Waals surface area contributed by atoms with Crippen molar-refractivity contribution in [2.24, 2.45) is 0 Å². The fourth-order valence-corrected chi connectivity index (χ4v) is 1.67. The van der Waals surface area contributed by atoms with Gasteiger partial charge in [0.1, 0.15) is 0 Å². The number of benzene rings is 1. The lowest BCUT2D eigenvalue weighted by Gasteiger charge is -2.10. The van der Waals surface area contributed by atoms with Crippen molar-refractivity contribution in [3.05, 3.63) is 36.0 Å². The molecule has 0 aliphatic carbocycles. The van der Waals surface area contributed by atoms with Gasteiger partial charge in [0.05, 0.1) is 12.1 Å². The third kappa shape index (κ3) is 2.27. The average molecular weight is 255 g/mol. The van der Waals surface area contributed by atoms with E-state index < -0.39 is 12.6 Å². The Hall–Kier alpha value is -2.11. The Morgan fingerprint density at radius 2 is 2.11 bits per heavy atom. The first-order chi connectivity index (χ1) is 8.63. The number of rotatable bonds is 4. The highest BCUT2D eigenvalue weighted by Gasteiger charge is 2.19. The SMILES string of the molecule is CCOC(=O)c1cc2ccccc2n1OC(F)F. The number of aromatic nitrogens is 1. The van der Waals surface area contributed by atoms with Crippen molar-refractivity contribution in [3.8, 4) is 0 Å². The number of carbonyl (C=O) groups is 1. The van der Waals surface area contributed by atoms with Crippen LogP contribution in [0.4, 0.5) is 8.78 Å². The summed E-state index contributed by atoms with van der Waals surface area (Å²) in [5, 5.41) is 0.626. The maximum absolute atomic E-state index is 12.4. The van der Waals surface area contributed by atoms with E-state index in [4.69, 9.17) is 4.74 Å². The van der Waals surface area contributed by atoms with Crippen LogP contribution < -0.4 is 4.84 Å². The van der Waals surface area contributed by atoms with E-state index in [2.05, 4.69) is 4.84 Å². The van der Waals surface area contributed by atoms with E-state index in [1.807, 2.05) is 0 Å². The molecule has 1 heterocycles. The van der Waals surface area contributed by atoms with Crippen molar-refractivity contribution < 1.29 is 23.1 Å². The lowest BCUT2D eigenvalue weighted by molar-refractivity contribution is -0.130. The minimum atomic E-state index is -3.02. The quantitative estimate of drug-likeness (QED) is 0.788. The summed E-state index contributed by atoms with van der Waals surface area (Å²) in [4.78, 5) is 16.0. The van der Waals surface area contributed by atoms with E-state index in [0.29, 0.717) is 10.9 Å². The van der Waals surface area contributed by atoms with Crippen LogP contribution in [-0.4, -0.2) is 23.9 Å². The first-order valence-electron chi connectivity index (χ1n) is 5.36. The van der Waals surface area contributed by atoms with Crippen LogP contribution in [0.5, 0.6) is 0 Å². The molecule has 0 amide bonds. The summed E-state index contributed by atoms with van der Waals surface area (Å²) in [6.45, 7) is -1.22. The second kappa shape index (κ2) is 5.03. The summed E-state index contributed by atoms with van der Waals surface area (Å²) in [7, 11) is 0. The van der Waals surface area contributed by atoms with E-state index in [1.165, 1.54) is 6.07 Å². The molecule has 0 radical (unpaired) electrons. The highest BCUT2D eigenvalue weighted by Crippen LogP contribution is 2.20. The number of para-hydroxylation sites is 1. The van der Waals surface area contributed by atoms with Crippen molar-refractivity contribution in [1.29, 1.82) is 0 Å². The highest BCUT2D eigenvalue weighted by molar-refractivity contribution is 5.95. The zero-order valence-electron chi connectivity index (χ0n) is 9.60. The molecule has 0 atom stereocenters. The van der Waals surface area contributed by atoms with Gasteiger partial charge in [0.2, 0.25) is 0 Å². The molecule has 1 aromatic carbocycles. The summed E-state index contributed by atoms with van der Waals surface area (Å²) in [5.41, 5.74) is 0.333. The highest BCUT2D eigenvalue weighted by atomic mass is 19.3. The lowest BCUT2D eigenvalue weighted by Crippen LogP contribution is -2.22. The van der Waals surface area contributed by atoms with Crippen LogP contribution in [-0.2, 0) is 4.74 Å². The van der Waals surface area contributed by atoms with Gasteiger partial charge >= 0.3 is 12.6 Å². The second-order valence-corrected chi connectivity index (χ2v) is 3.47. The standard InChI is InChI=1S/C12H11F2NO3/c1-2-17-11(16)10-7-8-5-3-4-6-9(8)15(10)18-12(13)14/h3-7,12H,2H2,1H3. The predicted molar refractivity (Wildman–Crippen MR) is 60.5 cm³/mol. The predicted octanol–water partition coefficient (Wildman–Crippen LogP) is 2.47. The van der Waals surface area contributed by atoms with Crippen LogP contribution >= 0.6 is 0 Å². The van der Waals surface area contributed by atoms with Gasteiger partial charge in [-0.3, -0.25) is 0 Å². The van der Waals surface area contributed by atoms with E-state index in [-0.39, 0.29) is 12.3 Å². The molecule has 0 fully saturated rings. The number of hydrogen-bond acceptors (Lipinski definition) is 3. The maximum atomic E-state index is 12.4. The number of carbonyl (C=O) groups excluding carboxylic acids is 1. The van der Waals surface area contributed by atoms with Crippen molar-refractivity contribution in [2.45, 2.75) is 13.5 Å². The normalized spacial score (nSPS) is 10.9. The van der Waals surface area contributed by atoms with Crippen LogP contribution in [0.3, 0.4) is 0 Å². The van der Waals surface area contributed by atoms with Crippen LogP contribution in [0.25, 0.3) is 10.9 Å². The molecule has 96 valence electrons. The Labute approximate surface area is 102 Å². The van der Waals surface area contributed by atoms with Gasteiger partial charge in [-0.25, -0.2) is 4.79 Å². The molecule has 0 unspecified atom stereocenters. The Kier molecular flexibility index (Phi) is 3.45. The fourth-order valence-electron chi connectivity index (χ4n) is 1.67. The molecule has 0 aliphatic rings. The van der Waals surface area contributed by atoms with Crippen molar-refractivity contribution >= 4 is 16.9 Å². The zero-order valence-corrected chi connectivity index (χ0v) is 9.60. The summed E-state index contributed by atoms with van der Waals surface area (Å²) in [5.74, 6) is -0.700. The van der Waals surface area contributed by atoms with E-state index in [1.54, 1.807) is 31.2 Å². The molecular weight excluding hydrogens is 244 g/mol. The van der Waals surface area contributed by atoms with Gasteiger partial charge in [-0.1, -0.05) is 18.2 Å². The number of fused-ring (bicyclic) bond motifs is 1. The Bertz CT molecular complexity index is 565. The molecule has 2 aromatic rings. The number of nitrogens with zero attached hydrogens (tertiary/aromatic N) is 1. The molecular formula is C12H11F2NO3. The van der Waals surface area contributed by atoms with Gasteiger partial charge in [0, 0.05) is 5.39 Å². The molecule has 1 aromatic heterocycles.